The van der Waals surface area contributed by atoms with Crippen molar-refractivity contribution in [3.63, 3.8) is 0 Å². The van der Waals surface area contributed by atoms with Gasteiger partial charge in [0.2, 0.25) is 11.8 Å². The molecule has 1 atom stereocenters. The first-order chi connectivity index (χ1) is 12.3. The van der Waals surface area contributed by atoms with Crippen molar-refractivity contribution in [2.24, 2.45) is 5.92 Å². The molecule has 1 aliphatic rings. The maximum Gasteiger partial charge on any atom is 0.273 e. The molecule has 1 aromatic heterocycles. The van der Waals surface area contributed by atoms with Crippen LogP contribution in [-0.2, 0) is 9.59 Å². The molecule has 3 rings (SSSR count). The van der Waals surface area contributed by atoms with E-state index in [9.17, 15) is 14.4 Å². The highest BCUT2D eigenvalue weighted by Gasteiger charge is 2.35. The van der Waals surface area contributed by atoms with E-state index in [-0.39, 0.29) is 18.9 Å². The monoisotopic (exact) mass is 375 g/mol. The predicted molar refractivity (Wildman–Crippen MR) is 95.7 cm³/mol. The van der Waals surface area contributed by atoms with Crippen molar-refractivity contribution >= 4 is 35.0 Å². The van der Waals surface area contributed by atoms with Gasteiger partial charge in [-0.3, -0.25) is 25.2 Å². The van der Waals surface area contributed by atoms with Crippen LogP contribution in [0.15, 0.2) is 34.7 Å². The summed E-state index contributed by atoms with van der Waals surface area (Å²) in [4.78, 5) is 38.1. The molecule has 1 fully saturated rings. The Bertz CT molecular complexity index is 877. The van der Waals surface area contributed by atoms with Crippen LogP contribution in [-0.4, -0.2) is 24.3 Å². The van der Waals surface area contributed by atoms with Crippen LogP contribution in [0.5, 0.6) is 0 Å². The molecule has 7 nitrogen and oxygen atoms in total. The van der Waals surface area contributed by atoms with Crippen molar-refractivity contribution in [3.05, 3.63) is 52.4 Å². The number of amides is 3. The fourth-order valence-electron chi connectivity index (χ4n) is 2.92. The quantitative estimate of drug-likeness (QED) is 0.805. The van der Waals surface area contributed by atoms with Crippen LogP contribution in [0.25, 0.3) is 0 Å². The van der Waals surface area contributed by atoms with E-state index in [1.165, 1.54) is 4.90 Å². The number of halogens is 1. The van der Waals surface area contributed by atoms with Gasteiger partial charge < -0.3 is 9.32 Å². The van der Waals surface area contributed by atoms with E-state index in [2.05, 4.69) is 10.9 Å². The number of hydrogen-bond acceptors (Lipinski definition) is 4. The van der Waals surface area contributed by atoms with Crippen LogP contribution in [0.1, 0.15) is 28.3 Å². The lowest BCUT2D eigenvalue weighted by molar-refractivity contribution is -0.126. The van der Waals surface area contributed by atoms with Crippen LogP contribution in [0.3, 0.4) is 0 Å². The van der Waals surface area contributed by atoms with Gasteiger partial charge in [0.05, 0.1) is 11.5 Å². The lowest BCUT2D eigenvalue weighted by Gasteiger charge is -2.17. The maximum absolute atomic E-state index is 12.3. The third kappa shape index (κ3) is 3.72. The molecule has 2 heterocycles. The zero-order chi connectivity index (χ0) is 18.8. The van der Waals surface area contributed by atoms with E-state index in [1.54, 1.807) is 44.2 Å². The summed E-state index contributed by atoms with van der Waals surface area (Å²) in [6.07, 6.45) is 0.0675. The highest BCUT2D eigenvalue weighted by molar-refractivity contribution is 6.31. The van der Waals surface area contributed by atoms with E-state index >= 15 is 0 Å². The smallest absolute Gasteiger partial charge is 0.273 e. The normalized spacial score (nSPS) is 16.7. The van der Waals surface area contributed by atoms with Crippen molar-refractivity contribution < 1.29 is 18.8 Å². The second-order valence-electron chi connectivity index (χ2n) is 6.16. The average Bonchev–Trinajstić information content (AvgIpc) is 3.14. The topological polar surface area (TPSA) is 91.7 Å². The average molecular weight is 376 g/mol. The summed E-state index contributed by atoms with van der Waals surface area (Å²) in [5.41, 5.74) is 5.73. The maximum atomic E-state index is 12.3. The van der Waals surface area contributed by atoms with Crippen LogP contribution in [0, 0.1) is 19.8 Å². The summed E-state index contributed by atoms with van der Waals surface area (Å²) in [5.74, 6) is -0.540. The molecule has 2 aromatic rings. The molecule has 26 heavy (non-hydrogen) atoms. The number of nitrogens with one attached hydrogen (secondary N) is 2. The second kappa shape index (κ2) is 7.21. The predicted octanol–water partition coefficient (Wildman–Crippen LogP) is 2.36. The third-order valence-corrected chi connectivity index (χ3v) is 4.44. The Labute approximate surface area is 155 Å². The van der Waals surface area contributed by atoms with Crippen LogP contribution in [0.2, 0.25) is 5.02 Å². The molecule has 8 heteroatoms. The Balaban J connectivity index is 1.60. The molecular formula is C18H18ClN3O4. The molecular weight excluding hydrogens is 358 g/mol. The van der Waals surface area contributed by atoms with Crippen LogP contribution < -0.4 is 15.8 Å². The summed E-state index contributed by atoms with van der Waals surface area (Å²) < 4.78 is 5.29. The van der Waals surface area contributed by atoms with Crippen molar-refractivity contribution in [1.29, 1.82) is 0 Å². The standard InChI is InChI=1S/C18H18ClN3O4/c1-10-6-15(11(2)26-10)18(25)21-20-17(24)12-7-16(23)22(9-12)14-5-3-4-13(19)8-14/h3-6,8,12H,7,9H2,1-2H3,(H,20,24)(H,21,25). The molecule has 0 radical (unpaired) electrons. The fraction of sp³-hybridized carbons (Fsp3) is 0.278. The minimum atomic E-state index is -0.561. The molecule has 1 saturated heterocycles. The number of furan rings is 1. The van der Waals surface area contributed by atoms with Gasteiger partial charge in [0.1, 0.15) is 11.5 Å². The number of anilines is 1. The number of carbonyl (C=O) groups is 3. The third-order valence-electron chi connectivity index (χ3n) is 4.20. The number of hydrogen-bond donors (Lipinski definition) is 2. The molecule has 0 saturated carbocycles. The first-order valence-corrected chi connectivity index (χ1v) is 8.46. The number of nitrogens with zero attached hydrogens (tertiary/aromatic N) is 1. The molecule has 0 aliphatic carbocycles. The van der Waals surface area contributed by atoms with E-state index < -0.39 is 17.7 Å². The fourth-order valence-corrected chi connectivity index (χ4v) is 3.11. The van der Waals surface area contributed by atoms with Gasteiger partial charge in [0, 0.05) is 23.7 Å². The number of hydrazine groups is 1. The summed E-state index contributed by atoms with van der Waals surface area (Å²) in [6, 6.07) is 8.48. The molecule has 1 aliphatic heterocycles. The number of carbonyl (C=O) groups excluding carboxylic acids is 3. The molecule has 1 unspecified atom stereocenters. The Morgan fingerprint density at radius 2 is 2.00 bits per heavy atom. The van der Waals surface area contributed by atoms with Gasteiger partial charge in [-0.15, -0.1) is 0 Å². The minimum Gasteiger partial charge on any atom is -0.466 e. The Hall–Kier alpha value is -2.80. The van der Waals surface area contributed by atoms with Crippen molar-refractivity contribution in [3.8, 4) is 0 Å². The van der Waals surface area contributed by atoms with E-state index in [0.717, 1.165) is 0 Å². The van der Waals surface area contributed by atoms with Gasteiger partial charge in [-0.2, -0.15) is 0 Å². The minimum absolute atomic E-state index is 0.0675. The molecule has 136 valence electrons. The van der Waals surface area contributed by atoms with E-state index in [1.807, 2.05) is 0 Å². The number of rotatable bonds is 3. The Kier molecular flexibility index (Phi) is 4.99. The number of benzene rings is 1. The van der Waals surface area contributed by atoms with Gasteiger partial charge in [-0.05, 0) is 38.1 Å². The zero-order valence-corrected chi connectivity index (χ0v) is 15.1. The SMILES string of the molecule is Cc1cc(C(=O)NNC(=O)C2CC(=O)N(c3cccc(Cl)c3)C2)c(C)o1. The molecule has 1 aromatic carbocycles. The van der Waals surface area contributed by atoms with Crippen molar-refractivity contribution in [2.45, 2.75) is 20.3 Å². The van der Waals surface area contributed by atoms with Gasteiger partial charge >= 0.3 is 0 Å². The Morgan fingerprint density at radius 1 is 1.23 bits per heavy atom. The van der Waals surface area contributed by atoms with Crippen molar-refractivity contribution in [1.82, 2.24) is 10.9 Å². The molecule has 3 amide bonds. The zero-order valence-electron chi connectivity index (χ0n) is 14.3. The summed E-state index contributed by atoms with van der Waals surface area (Å²) >= 11 is 5.95. The summed E-state index contributed by atoms with van der Waals surface area (Å²) in [6.45, 7) is 3.63. The number of aryl methyl sites for hydroxylation is 2. The first-order valence-electron chi connectivity index (χ1n) is 8.08. The van der Waals surface area contributed by atoms with E-state index in [0.29, 0.717) is 27.8 Å². The van der Waals surface area contributed by atoms with Gasteiger partial charge in [-0.1, -0.05) is 17.7 Å². The van der Waals surface area contributed by atoms with Gasteiger partial charge in [-0.25, -0.2) is 0 Å². The highest BCUT2D eigenvalue weighted by Crippen LogP contribution is 2.27. The van der Waals surface area contributed by atoms with Crippen LogP contribution >= 0.6 is 11.6 Å². The summed E-state index contributed by atoms with van der Waals surface area (Å²) in [5, 5.41) is 0.515. The molecule has 0 spiro atoms. The highest BCUT2D eigenvalue weighted by atomic mass is 35.5. The molecule has 0 bridgehead atoms. The second-order valence-corrected chi connectivity index (χ2v) is 6.59. The van der Waals surface area contributed by atoms with Crippen LogP contribution in [0.4, 0.5) is 5.69 Å². The van der Waals surface area contributed by atoms with E-state index in [4.69, 9.17) is 16.0 Å². The van der Waals surface area contributed by atoms with Gasteiger partial charge in [0.15, 0.2) is 0 Å². The lowest BCUT2D eigenvalue weighted by atomic mass is 10.1. The first kappa shape index (κ1) is 18.0. The Morgan fingerprint density at radius 3 is 2.65 bits per heavy atom. The summed E-state index contributed by atoms with van der Waals surface area (Å²) in [7, 11) is 0. The molecule has 2 N–H and O–H groups in total. The van der Waals surface area contributed by atoms with Crippen molar-refractivity contribution in [2.75, 3.05) is 11.4 Å². The largest absolute Gasteiger partial charge is 0.466 e. The van der Waals surface area contributed by atoms with Gasteiger partial charge in [0.25, 0.3) is 5.91 Å². The lowest BCUT2D eigenvalue weighted by Crippen LogP contribution is -2.45.